The highest BCUT2D eigenvalue weighted by Crippen LogP contribution is 2.22. The van der Waals surface area contributed by atoms with Crippen LogP contribution in [0, 0.1) is 0 Å². The number of hydrogen-bond donors (Lipinski definition) is 4. The maximum atomic E-state index is 12.0. The van der Waals surface area contributed by atoms with E-state index in [4.69, 9.17) is 5.11 Å². The monoisotopic (exact) mass is 298 g/mol. The van der Waals surface area contributed by atoms with Crippen LogP contribution in [0.4, 0.5) is 11.5 Å². The van der Waals surface area contributed by atoms with E-state index in [0.29, 0.717) is 5.69 Å². The molecule has 8 heteroatoms. The highest BCUT2D eigenvalue weighted by atomic mass is 16.4. The van der Waals surface area contributed by atoms with Gasteiger partial charge in [0.15, 0.2) is 0 Å². The smallest absolute Gasteiger partial charge is 0.339 e. The lowest BCUT2D eigenvalue weighted by molar-refractivity contribution is 0.0697. The van der Waals surface area contributed by atoms with Crippen LogP contribution in [-0.2, 0) is 0 Å². The zero-order valence-corrected chi connectivity index (χ0v) is 11.1. The van der Waals surface area contributed by atoms with Gasteiger partial charge in [0.1, 0.15) is 11.4 Å². The summed E-state index contributed by atoms with van der Waals surface area (Å²) in [6, 6.07) is 7.54. The lowest BCUT2D eigenvalue weighted by Gasteiger charge is -2.10. The summed E-state index contributed by atoms with van der Waals surface area (Å²) in [5.41, 5.74) is -0.685. The van der Waals surface area contributed by atoms with Crippen molar-refractivity contribution in [3.05, 3.63) is 62.8 Å². The molecule has 0 saturated heterocycles. The molecule has 3 rings (SSSR count). The molecule has 110 valence electrons. The Balaban J connectivity index is 2.21. The van der Waals surface area contributed by atoms with Crippen molar-refractivity contribution in [1.82, 2.24) is 15.2 Å². The van der Waals surface area contributed by atoms with E-state index in [1.807, 2.05) is 0 Å². The van der Waals surface area contributed by atoms with Crippen LogP contribution < -0.4 is 16.4 Å². The highest BCUT2D eigenvalue weighted by Gasteiger charge is 2.13. The van der Waals surface area contributed by atoms with Gasteiger partial charge in [0.25, 0.3) is 11.1 Å². The minimum atomic E-state index is -1.15. The summed E-state index contributed by atoms with van der Waals surface area (Å²) in [6.45, 7) is 0. The van der Waals surface area contributed by atoms with Gasteiger partial charge in [0.2, 0.25) is 0 Å². The average Bonchev–Trinajstić information content (AvgIpc) is 2.51. The van der Waals surface area contributed by atoms with Gasteiger partial charge in [-0.1, -0.05) is 6.07 Å². The van der Waals surface area contributed by atoms with E-state index < -0.39 is 17.1 Å². The van der Waals surface area contributed by atoms with E-state index in [0.717, 1.165) is 0 Å². The minimum absolute atomic E-state index is 0.0410. The van der Waals surface area contributed by atoms with E-state index in [2.05, 4.69) is 20.5 Å². The molecule has 4 N–H and O–H groups in total. The molecule has 8 nitrogen and oxygen atoms in total. The molecule has 0 unspecified atom stereocenters. The maximum absolute atomic E-state index is 12.0. The van der Waals surface area contributed by atoms with Crippen molar-refractivity contribution in [3.63, 3.8) is 0 Å². The molecular formula is C14H10N4O4. The first-order chi connectivity index (χ1) is 10.6. The van der Waals surface area contributed by atoms with Crippen molar-refractivity contribution in [2.24, 2.45) is 0 Å². The van der Waals surface area contributed by atoms with Gasteiger partial charge in [-0.3, -0.25) is 19.8 Å². The van der Waals surface area contributed by atoms with Gasteiger partial charge in [-0.2, -0.15) is 0 Å². The van der Waals surface area contributed by atoms with Crippen molar-refractivity contribution in [2.45, 2.75) is 0 Å². The second-order valence-electron chi connectivity index (χ2n) is 4.47. The number of carbonyl (C=O) groups is 1. The van der Waals surface area contributed by atoms with E-state index >= 15 is 0 Å². The zero-order valence-electron chi connectivity index (χ0n) is 11.1. The fraction of sp³-hybridized carbons (Fsp3) is 0. The van der Waals surface area contributed by atoms with Crippen molar-refractivity contribution in [1.29, 1.82) is 0 Å². The molecular weight excluding hydrogens is 288 g/mol. The Morgan fingerprint density at radius 3 is 2.64 bits per heavy atom. The number of carboxylic acid groups (broad SMARTS) is 1. The van der Waals surface area contributed by atoms with E-state index in [9.17, 15) is 14.4 Å². The van der Waals surface area contributed by atoms with Crippen LogP contribution in [0.2, 0.25) is 0 Å². The minimum Gasteiger partial charge on any atom is -0.478 e. The van der Waals surface area contributed by atoms with Crippen LogP contribution >= 0.6 is 0 Å². The molecule has 0 aliphatic carbocycles. The number of anilines is 2. The number of hydrogen-bond acceptors (Lipinski definition) is 5. The molecule has 0 fully saturated rings. The quantitative estimate of drug-likeness (QED) is 0.572. The first-order valence-corrected chi connectivity index (χ1v) is 6.27. The molecule has 2 aromatic heterocycles. The van der Waals surface area contributed by atoms with E-state index in [1.165, 1.54) is 24.4 Å². The number of rotatable bonds is 3. The number of benzene rings is 1. The van der Waals surface area contributed by atoms with Crippen LogP contribution in [0.25, 0.3) is 10.8 Å². The Bertz CT molecular complexity index is 990. The third kappa shape index (κ3) is 2.22. The Kier molecular flexibility index (Phi) is 3.18. The summed E-state index contributed by atoms with van der Waals surface area (Å²) in [4.78, 5) is 38.9. The molecule has 0 spiro atoms. The van der Waals surface area contributed by atoms with E-state index in [-0.39, 0.29) is 22.2 Å². The summed E-state index contributed by atoms with van der Waals surface area (Å²) in [7, 11) is 0. The first kappa shape index (κ1) is 13.6. The molecule has 2 heterocycles. The largest absolute Gasteiger partial charge is 0.478 e. The molecule has 0 amide bonds. The predicted molar refractivity (Wildman–Crippen MR) is 79.7 cm³/mol. The van der Waals surface area contributed by atoms with Crippen LogP contribution in [0.3, 0.4) is 0 Å². The molecule has 0 aliphatic rings. The fourth-order valence-electron chi connectivity index (χ4n) is 2.14. The van der Waals surface area contributed by atoms with Gasteiger partial charge in [0, 0.05) is 6.20 Å². The normalized spacial score (nSPS) is 10.5. The molecule has 3 aromatic rings. The number of H-pyrrole nitrogens is 2. The van der Waals surface area contributed by atoms with Crippen molar-refractivity contribution < 1.29 is 9.90 Å². The van der Waals surface area contributed by atoms with Crippen LogP contribution in [0.1, 0.15) is 10.4 Å². The SMILES string of the molecule is O=C(O)c1cccnc1Nc1cccc2c(=O)[nH][nH]c(=O)c12. The Labute approximate surface area is 122 Å². The van der Waals surface area contributed by atoms with E-state index in [1.54, 1.807) is 12.1 Å². The molecule has 0 atom stereocenters. The number of aromatic amines is 2. The zero-order chi connectivity index (χ0) is 15.7. The molecule has 0 aliphatic heterocycles. The Morgan fingerprint density at radius 2 is 1.86 bits per heavy atom. The Hall–Kier alpha value is -3.42. The number of aromatic carboxylic acids is 1. The topological polar surface area (TPSA) is 128 Å². The van der Waals surface area contributed by atoms with Gasteiger partial charge in [0.05, 0.1) is 16.5 Å². The summed E-state index contributed by atoms with van der Waals surface area (Å²) in [5.74, 6) is -1.07. The second-order valence-corrected chi connectivity index (χ2v) is 4.47. The average molecular weight is 298 g/mol. The van der Waals surface area contributed by atoms with Gasteiger partial charge in [-0.05, 0) is 24.3 Å². The van der Waals surface area contributed by atoms with Crippen LogP contribution in [0.15, 0.2) is 46.1 Å². The third-order valence-corrected chi connectivity index (χ3v) is 3.12. The molecule has 0 bridgehead atoms. The molecule has 0 radical (unpaired) electrons. The van der Waals surface area contributed by atoms with Crippen molar-refractivity contribution >= 4 is 28.2 Å². The van der Waals surface area contributed by atoms with Gasteiger partial charge >= 0.3 is 5.97 Å². The Morgan fingerprint density at radius 1 is 1.09 bits per heavy atom. The number of aromatic nitrogens is 3. The summed E-state index contributed by atoms with van der Waals surface area (Å²) in [6.07, 6.45) is 1.43. The molecule has 22 heavy (non-hydrogen) atoms. The number of nitrogens with one attached hydrogen (secondary N) is 3. The van der Waals surface area contributed by atoms with Gasteiger partial charge in [-0.15, -0.1) is 0 Å². The van der Waals surface area contributed by atoms with Gasteiger partial charge < -0.3 is 10.4 Å². The van der Waals surface area contributed by atoms with Crippen LogP contribution in [0.5, 0.6) is 0 Å². The summed E-state index contributed by atoms with van der Waals surface area (Å²) in [5, 5.41) is 16.8. The maximum Gasteiger partial charge on any atom is 0.339 e. The number of fused-ring (bicyclic) bond motifs is 1. The standard InChI is InChI=1S/C14H10N4O4/c19-12-7-3-1-5-9(10(7)13(20)18-17-12)16-11-8(14(21)22)4-2-6-15-11/h1-6H,(H,15,16)(H,17,19)(H,18,20)(H,21,22). The number of nitrogens with zero attached hydrogens (tertiary/aromatic N) is 1. The lowest BCUT2D eigenvalue weighted by Crippen LogP contribution is -2.20. The molecule has 0 saturated carbocycles. The van der Waals surface area contributed by atoms with Crippen molar-refractivity contribution in [2.75, 3.05) is 5.32 Å². The fourth-order valence-corrected chi connectivity index (χ4v) is 2.14. The number of carboxylic acids is 1. The van der Waals surface area contributed by atoms with Gasteiger partial charge in [-0.25, -0.2) is 9.78 Å². The summed E-state index contributed by atoms with van der Waals surface area (Å²) >= 11 is 0. The summed E-state index contributed by atoms with van der Waals surface area (Å²) < 4.78 is 0. The van der Waals surface area contributed by atoms with Crippen molar-refractivity contribution in [3.8, 4) is 0 Å². The first-order valence-electron chi connectivity index (χ1n) is 6.27. The third-order valence-electron chi connectivity index (χ3n) is 3.12. The predicted octanol–water partition coefficient (Wildman–Crippen LogP) is 1.05. The van der Waals surface area contributed by atoms with Crippen LogP contribution in [-0.4, -0.2) is 26.3 Å². The highest BCUT2D eigenvalue weighted by molar-refractivity contribution is 5.98. The second kappa shape index (κ2) is 5.17. The number of pyridine rings is 1. The lowest BCUT2D eigenvalue weighted by atomic mass is 10.1. The molecule has 1 aromatic carbocycles.